The predicted octanol–water partition coefficient (Wildman–Crippen LogP) is -1.19. The Bertz CT molecular complexity index is 551. The molecular weight excluding hydrogens is 466 g/mol. The maximum absolute atomic E-state index is 10.1. The third-order valence-electron chi connectivity index (χ3n) is 3.89. The van der Waals surface area contributed by atoms with Crippen LogP contribution in [0.15, 0.2) is 0 Å². The van der Waals surface area contributed by atoms with Gasteiger partial charge in [-0.2, -0.15) is 0 Å². The van der Waals surface area contributed by atoms with Gasteiger partial charge in [0, 0.05) is 0 Å². The second-order valence-corrected chi connectivity index (χ2v) is 8.51. The molecule has 0 heterocycles. The fourth-order valence-electron chi connectivity index (χ4n) is 1.93. The average Bonchev–Trinajstić information content (AvgIpc) is 2.73. The van der Waals surface area contributed by atoms with E-state index in [4.69, 9.17) is 54.2 Å². The molecule has 0 spiro atoms. The van der Waals surface area contributed by atoms with Gasteiger partial charge in [0.25, 0.3) is 0 Å². The summed E-state index contributed by atoms with van der Waals surface area (Å²) in [6, 6.07) is -3.22. The van der Waals surface area contributed by atoms with Crippen molar-refractivity contribution in [1.29, 1.82) is 0 Å². The number of unbranched alkanes of at least 4 members (excludes halogenated alkanes) is 1. The first-order valence-electron chi connectivity index (χ1n) is 11.2. The summed E-state index contributed by atoms with van der Waals surface area (Å²) in [6.07, 6.45) is 3.27. The number of carboxylic acids is 4. The minimum Gasteiger partial charge on any atom is -0.480 e. The Morgan fingerprint density at radius 1 is 0.600 bits per heavy atom. The summed E-state index contributed by atoms with van der Waals surface area (Å²) in [4.78, 5) is 40.0. The van der Waals surface area contributed by atoms with Gasteiger partial charge >= 0.3 is 23.9 Å². The van der Waals surface area contributed by atoms with E-state index in [1.165, 1.54) is 0 Å². The number of rotatable bonds is 13. The van der Waals surface area contributed by atoms with Crippen molar-refractivity contribution in [2.24, 2.45) is 40.5 Å². The molecule has 0 aromatic rings. The van der Waals surface area contributed by atoms with Crippen LogP contribution < -0.4 is 28.7 Å². The van der Waals surface area contributed by atoms with Crippen LogP contribution in [0, 0.1) is 11.8 Å². The normalized spacial score (nSPS) is 13.5. The van der Waals surface area contributed by atoms with Crippen LogP contribution in [0.4, 0.5) is 0 Å². The number of aliphatic hydroxyl groups is 1. The van der Waals surface area contributed by atoms with Crippen molar-refractivity contribution in [3.63, 3.8) is 0 Å². The van der Waals surface area contributed by atoms with E-state index in [-0.39, 0.29) is 0 Å². The van der Waals surface area contributed by atoms with Crippen molar-refractivity contribution in [2.75, 3.05) is 13.2 Å². The highest BCUT2D eigenvalue weighted by atomic mass is 16.4. The third-order valence-corrected chi connectivity index (χ3v) is 3.89. The van der Waals surface area contributed by atoms with E-state index in [1.807, 2.05) is 27.7 Å². The molecule has 0 radical (unpaired) electrons. The number of carbonyl (C=O) groups is 4. The lowest BCUT2D eigenvalue weighted by Crippen LogP contribution is -2.33. The fraction of sp³-hybridized carbons (Fsp3) is 0.810. The van der Waals surface area contributed by atoms with Crippen LogP contribution in [-0.4, -0.2) is 86.7 Å². The van der Waals surface area contributed by atoms with Crippen molar-refractivity contribution in [1.82, 2.24) is 0 Å². The van der Waals surface area contributed by atoms with Gasteiger partial charge in [0.1, 0.15) is 24.2 Å². The van der Waals surface area contributed by atoms with Gasteiger partial charge < -0.3 is 54.2 Å². The van der Waals surface area contributed by atoms with Gasteiger partial charge in [-0.3, -0.25) is 19.2 Å². The second kappa shape index (κ2) is 24.8. The van der Waals surface area contributed by atoms with Crippen molar-refractivity contribution in [2.45, 2.75) is 84.0 Å². The molecule has 35 heavy (non-hydrogen) atoms. The monoisotopic (exact) mass is 513 g/mol. The Hall–Kier alpha value is -2.36. The van der Waals surface area contributed by atoms with Crippen LogP contribution in [0.2, 0.25) is 0 Å². The zero-order valence-electron chi connectivity index (χ0n) is 21.2. The lowest BCUT2D eigenvalue weighted by atomic mass is 10.1. The number of carboxylic acid groups (broad SMARTS) is 4. The number of hydrogen-bond acceptors (Lipinski definition) is 10. The Balaban J connectivity index is -0.000000184. The minimum atomic E-state index is -1.18. The molecule has 0 unspecified atom stereocenters. The molecule has 0 aromatic carbocycles. The molecule has 0 saturated heterocycles. The largest absolute Gasteiger partial charge is 0.480 e. The molecule has 0 aliphatic rings. The molecule has 0 amide bonds. The van der Waals surface area contributed by atoms with Crippen molar-refractivity contribution >= 4 is 23.9 Å². The zero-order valence-corrected chi connectivity index (χ0v) is 21.2. The van der Waals surface area contributed by atoms with Crippen LogP contribution in [0.1, 0.15) is 59.8 Å². The average molecular weight is 514 g/mol. The van der Waals surface area contributed by atoms with E-state index in [0.717, 1.165) is 12.8 Å². The first-order valence-corrected chi connectivity index (χ1v) is 11.2. The van der Waals surface area contributed by atoms with E-state index < -0.39 is 54.7 Å². The molecule has 0 fully saturated rings. The molecule has 14 heteroatoms. The zero-order chi connectivity index (χ0) is 28.7. The van der Waals surface area contributed by atoms with Crippen LogP contribution >= 0.6 is 0 Å². The lowest BCUT2D eigenvalue weighted by Gasteiger charge is -2.07. The first-order chi connectivity index (χ1) is 15.9. The van der Waals surface area contributed by atoms with Gasteiger partial charge in [0.05, 0.1) is 6.61 Å². The fourth-order valence-corrected chi connectivity index (χ4v) is 1.93. The summed E-state index contributed by atoms with van der Waals surface area (Å²) < 4.78 is 0. The van der Waals surface area contributed by atoms with Crippen molar-refractivity contribution in [3.05, 3.63) is 0 Å². The van der Waals surface area contributed by atoms with Gasteiger partial charge in [-0.1, -0.05) is 34.1 Å². The van der Waals surface area contributed by atoms with E-state index >= 15 is 0 Å². The third kappa shape index (κ3) is 33.9. The summed E-state index contributed by atoms with van der Waals surface area (Å²) in [6.45, 7) is 7.89. The minimum absolute atomic E-state index is 0.357. The van der Waals surface area contributed by atoms with E-state index in [2.05, 4.69) is 0 Å². The quantitative estimate of drug-likeness (QED) is 0.129. The SMILES string of the molecule is CC(C)C[C@H](N)C(=O)O.CC(C)C[C@H](N)C(=O)O.NCCCC[C@H](N)C(=O)O.N[C@@H](CO)C(=O)O. The molecule has 0 aliphatic heterocycles. The summed E-state index contributed by atoms with van der Waals surface area (Å²) in [7, 11) is 0. The van der Waals surface area contributed by atoms with Crippen LogP contribution in [0.5, 0.6) is 0 Å². The molecular formula is C21H47N5O9. The molecule has 0 aromatic heterocycles. The Morgan fingerprint density at radius 2 is 0.914 bits per heavy atom. The Labute approximate surface area is 206 Å². The second-order valence-electron chi connectivity index (χ2n) is 8.51. The molecule has 0 rings (SSSR count). The Kier molecular flexibility index (Phi) is 28.2. The molecule has 210 valence electrons. The highest BCUT2D eigenvalue weighted by molar-refractivity contribution is 5.74. The Morgan fingerprint density at radius 3 is 1.06 bits per heavy atom. The van der Waals surface area contributed by atoms with Gasteiger partial charge in [0.2, 0.25) is 0 Å². The van der Waals surface area contributed by atoms with Gasteiger partial charge in [-0.05, 0) is 44.1 Å². The molecule has 0 bridgehead atoms. The number of nitrogens with two attached hydrogens (primary N) is 5. The van der Waals surface area contributed by atoms with Gasteiger partial charge in [-0.15, -0.1) is 0 Å². The number of aliphatic hydroxyl groups excluding tert-OH is 1. The van der Waals surface area contributed by atoms with E-state index in [0.29, 0.717) is 37.6 Å². The van der Waals surface area contributed by atoms with Crippen molar-refractivity contribution in [3.8, 4) is 0 Å². The lowest BCUT2D eigenvalue weighted by molar-refractivity contribution is -0.140. The number of hydrogen-bond donors (Lipinski definition) is 10. The van der Waals surface area contributed by atoms with Crippen LogP contribution in [-0.2, 0) is 19.2 Å². The standard InChI is InChI=1S/C6H14N2O2.2C6H13NO2.C3H7NO3/c7-4-2-1-3-5(8)6(9)10;2*1-4(2)3-5(7)6(8)9;4-2(1-5)3(6)7/h5H,1-4,7-8H2,(H,9,10);2*4-5H,3,7H2,1-2H3,(H,8,9);2,5H,1,4H2,(H,6,7)/t3*5-;2-/m0000/s1. The van der Waals surface area contributed by atoms with Gasteiger partial charge in [-0.25, -0.2) is 0 Å². The summed E-state index contributed by atoms with van der Waals surface area (Å²) in [5, 5.41) is 40.8. The summed E-state index contributed by atoms with van der Waals surface area (Å²) in [5.41, 5.74) is 25.6. The molecule has 4 atom stereocenters. The highest BCUT2D eigenvalue weighted by Crippen LogP contribution is 2.02. The van der Waals surface area contributed by atoms with Crippen molar-refractivity contribution < 1.29 is 44.7 Å². The predicted molar refractivity (Wildman–Crippen MR) is 131 cm³/mol. The maximum atomic E-state index is 10.1. The molecule has 14 nitrogen and oxygen atoms in total. The number of aliphatic carboxylic acids is 4. The topological polar surface area (TPSA) is 300 Å². The van der Waals surface area contributed by atoms with E-state index in [1.54, 1.807) is 0 Å². The highest BCUT2D eigenvalue weighted by Gasteiger charge is 2.13. The molecule has 15 N–H and O–H groups in total. The molecule has 0 aliphatic carbocycles. The van der Waals surface area contributed by atoms with Crippen LogP contribution in [0.3, 0.4) is 0 Å². The van der Waals surface area contributed by atoms with E-state index in [9.17, 15) is 19.2 Å². The maximum Gasteiger partial charge on any atom is 0.322 e. The first kappa shape index (κ1) is 39.8. The van der Waals surface area contributed by atoms with Crippen LogP contribution in [0.25, 0.3) is 0 Å². The molecule has 0 saturated carbocycles. The van der Waals surface area contributed by atoms with Gasteiger partial charge in [0.15, 0.2) is 0 Å². The smallest absolute Gasteiger partial charge is 0.322 e. The summed E-state index contributed by atoms with van der Waals surface area (Å²) >= 11 is 0. The summed E-state index contributed by atoms with van der Waals surface area (Å²) in [5.74, 6) is -3.22.